The zero-order valence-corrected chi connectivity index (χ0v) is 25.6. The van der Waals surface area contributed by atoms with Crippen molar-refractivity contribution in [1.82, 2.24) is 20.8 Å². The van der Waals surface area contributed by atoms with Gasteiger partial charge in [0.25, 0.3) is 11.8 Å². The summed E-state index contributed by atoms with van der Waals surface area (Å²) in [7, 11) is 0. The summed E-state index contributed by atoms with van der Waals surface area (Å²) in [6.45, 7) is 5.08. The maximum absolute atomic E-state index is 12.6. The van der Waals surface area contributed by atoms with E-state index < -0.39 is 11.8 Å². The lowest BCUT2D eigenvalue weighted by molar-refractivity contribution is -0.141. The van der Waals surface area contributed by atoms with Crippen molar-refractivity contribution >= 4 is 23.6 Å². The Morgan fingerprint density at radius 2 is 1.09 bits per heavy atom. The number of benzene rings is 2. The van der Waals surface area contributed by atoms with Gasteiger partial charge in [-0.1, -0.05) is 12.1 Å². The Bertz CT molecular complexity index is 1300. The lowest BCUT2D eigenvalue weighted by Gasteiger charge is -2.28. The van der Waals surface area contributed by atoms with Crippen LogP contribution in [0.25, 0.3) is 0 Å². The van der Waals surface area contributed by atoms with Crippen molar-refractivity contribution in [1.29, 1.82) is 0 Å². The quantitative estimate of drug-likeness (QED) is 0.285. The molecule has 0 aliphatic carbocycles. The first-order valence-corrected chi connectivity index (χ1v) is 15.5. The molecule has 2 atom stereocenters. The second-order valence-corrected chi connectivity index (χ2v) is 11.6. The van der Waals surface area contributed by atoms with E-state index in [4.69, 9.17) is 29.4 Å². The molecule has 0 aromatic heterocycles. The predicted molar refractivity (Wildman–Crippen MR) is 160 cm³/mol. The minimum absolute atomic E-state index is 0.0789. The zero-order chi connectivity index (χ0) is 32.5. The highest BCUT2D eigenvalue weighted by Gasteiger charge is 2.30. The summed E-state index contributed by atoms with van der Waals surface area (Å²) in [6, 6.07) is 9.87. The van der Waals surface area contributed by atoms with Crippen LogP contribution in [-0.2, 0) is 32.2 Å². The van der Waals surface area contributed by atoms with Gasteiger partial charge in [-0.2, -0.15) is 0 Å². The zero-order valence-electron chi connectivity index (χ0n) is 25.6. The van der Waals surface area contributed by atoms with E-state index in [-0.39, 0.29) is 23.7 Å². The standard InChI is InChI=1S/2C16H20N2O5/c2*19-15(17-21)11-3-4-12-9-18(5-7-23-14(12)8-11)16(20)13-2-1-6-22-10-13/h2*3-4,8,13,21H,1-2,5-7,9-10H2,(H,17,19)/t2*13-/m10/s1. The summed E-state index contributed by atoms with van der Waals surface area (Å²) in [5.41, 5.74) is 5.52. The normalized spacial score (nSPS) is 20.9. The first-order valence-electron chi connectivity index (χ1n) is 15.5. The smallest absolute Gasteiger partial charge is 0.274 e. The van der Waals surface area contributed by atoms with Crippen LogP contribution in [-0.4, -0.2) is 96.6 Å². The van der Waals surface area contributed by atoms with Gasteiger partial charge in [0.1, 0.15) is 24.7 Å². The third-order valence-corrected chi connectivity index (χ3v) is 8.46. The molecule has 2 fully saturated rings. The first kappa shape index (κ1) is 33.1. The molecule has 0 saturated carbocycles. The molecule has 0 bridgehead atoms. The average molecular weight is 641 g/mol. The first-order chi connectivity index (χ1) is 22.4. The summed E-state index contributed by atoms with van der Waals surface area (Å²) in [5, 5.41) is 17.4. The van der Waals surface area contributed by atoms with Crippen LogP contribution in [0.1, 0.15) is 57.5 Å². The number of carbonyl (C=O) groups is 4. The van der Waals surface area contributed by atoms with Crippen LogP contribution in [0.5, 0.6) is 11.5 Å². The minimum Gasteiger partial charge on any atom is -0.491 e. The van der Waals surface area contributed by atoms with Crippen LogP contribution in [0.3, 0.4) is 0 Å². The minimum atomic E-state index is -0.590. The Balaban J connectivity index is 0.000000181. The summed E-state index contributed by atoms with van der Waals surface area (Å²) >= 11 is 0. The van der Waals surface area contributed by atoms with Crippen molar-refractivity contribution < 1.29 is 48.5 Å². The highest BCUT2D eigenvalue weighted by Crippen LogP contribution is 2.28. The lowest BCUT2D eigenvalue weighted by Crippen LogP contribution is -2.40. The second kappa shape index (κ2) is 15.9. The highest BCUT2D eigenvalue weighted by molar-refractivity contribution is 5.94. The molecule has 46 heavy (non-hydrogen) atoms. The van der Waals surface area contributed by atoms with E-state index in [1.165, 1.54) is 0 Å². The fourth-order valence-corrected chi connectivity index (χ4v) is 5.92. The Kier molecular flexibility index (Phi) is 11.4. The van der Waals surface area contributed by atoms with Crippen LogP contribution in [0.4, 0.5) is 0 Å². The van der Waals surface area contributed by atoms with E-state index in [0.717, 1.165) is 50.0 Å². The van der Waals surface area contributed by atoms with Gasteiger partial charge in [-0.15, -0.1) is 0 Å². The summed E-state index contributed by atoms with van der Waals surface area (Å²) < 4.78 is 22.1. The van der Waals surface area contributed by atoms with Crippen LogP contribution >= 0.6 is 0 Å². The van der Waals surface area contributed by atoms with Gasteiger partial charge in [0.05, 0.1) is 38.1 Å². The molecule has 14 heteroatoms. The molecule has 6 rings (SSSR count). The van der Waals surface area contributed by atoms with Gasteiger partial charge in [0.2, 0.25) is 11.8 Å². The van der Waals surface area contributed by atoms with Crippen LogP contribution in [0, 0.1) is 11.8 Å². The van der Waals surface area contributed by atoms with Crippen LogP contribution in [0.15, 0.2) is 36.4 Å². The number of fused-ring (bicyclic) bond motifs is 2. The van der Waals surface area contributed by atoms with Gasteiger partial charge in [0.15, 0.2) is 0 Å². The van der Waals surface area contributed by atoms with Gasteiger partial charge >= 0.3 is 0 Å². The number of nitrogens with zero attached hydrogens (tertiary/aromatic N) is 2. The second-order valence-electron chi connectivity index (χ2n) is 11.6. The molecular weight excluding hydrogens is 600 g/mol. The molecule has 4 amide bonds. The molecule has 248 valence electrons. The number of hydrogen-bond donors (Lipinski definition) is 4. The number of nitrogens with one attached hydrogen (secondary N) is 2. The molecule has 4 aliphatic rings. The molecule has 4 N–H and O–H groups in total. The predicted octanol–water partition coefficient (Wildman–Crippen LogP) is 1.91. The maximum Gasteiger partial charge on any atom is 0.274 e. The van der Waals surface area contributed by atoms with Crippen molar-refractivity contribution in [3.05, 3.63) is 58.7 Å². The van der Waals surface area contributed by atoms with Crippen molar-refractivity contribution in [2.24, 2.45) is 11.8 Å². The van der Waals surface area contributed by atoms with E-state index in [0.29, 0.717) is 75.2 Å². The van der Waals surface area contributed by atoms with E-state index in [2.05, 4.69) is 0 Å². The van der Waals surface area contributed by atoms with Gasteiger partial charge in [-0.3, -0.25) is 29.6 Å². The molecule has 0 radical (unpaired) electrons. The largest absolute Gasteiger partial charge is 0.491 e. The van der Waals surface area contributed by atoms with E-state index in [1.54, 1.807) is 57.2 Å². The number of hydroxylamine groups is 2. The number of amides is 4. The number of ether oxygens (including phenoxy) is 4. The molecule has 14 nitrogen and oxygen atoms in total. The molecule has 0 spiro atoms. The summed E-state index contributed by atoms with van der Waals surface area (Å²) in [4.78, 5) is 51.8. The Morgan fingerprint density at radius 1 is 0.652 bits per heavy atom. The highest BCUT2D eigenvalue weighted by atomic mass is 16.5. The van der Waals surface area contributed by atoms with Gasteiger partial charge < -0.3 is 28.7 Å². The van der Waals surface area contributed by atoms with E-state index in [1.807, 2.05) is 0 Å². The summed E-state index contributed by atoms with van der Waals surface area (Å²) in [6.07, 6.45) is 3.55. The maximum atomic E-state index is 12.6. The monoisotopic (exact) mass is 640 g/mol. The number of rotatable bonds is 4. The molecule has 4 heterocycles. The van der Waals surface area contributed by atoms with Crippen LogP contribution < -0.4 is 20.4 Å². The third kappa shape index (κ3) is 8.12. The fraction of sp³-hybridized carbons (Fsp3) is 0.500. The van der Waals surface area contributed by atoms with E-state index >= 15 is 0 Å². The van der Waals surface area contributed by atoms with Gasteiger partial charge in [-0.25, -0.2) is 11.0 Å². The van der Waals surface area contributed by atoms with Gasteiger partial charge in [0, 0.05) is 48.6 Å². The van der Waals surface area contributed by atoms with Crippen molar-refractivity contribution in [2.75, 3.05) is 52.7 Å². The summed E-state index contributed by atoms with van der Waals surface area (Å²) in [5.74, 6) is -0.00501. The SMILES string of the molecule is O=C(NO)c1ccc2c(c1)OCCN(C(=O)[C@@H]1CCCOC1)C2.O=C(NO)c1ccc2c(c1)OCCN(C(=O)[C@H]1CCCOC1)C2. The molecular formula is C32H40N4O10. The number of carbonyl (C=O) groups excluding carboxylic acids is 4. The van der Waals surface area contributed by atoms with E-state index in [9.17, 15) is 19.2 Å². The van der Waals surface area contributed by atoms with Crippen LogP contribution in [0.2, 0.25) is 0 Å². The topological polar surface area (TPSA) is 176 Å². The van der Waals surface area contributed by atoms with Gasteiger partial charge in [-0.05, 0) is 49.9 Å². The van der Waals surface area contributed by atoms with Crippen molar-refractivity contribution in [2.45, 2.75) is 38.8 Å². The molecule has 2 aromatic rings. The molecule has 4 aliphatic heterocycles. The Hall–Kier alpha value is -4.24. The molecule has 2 aromatic carbocycles. The van der Waals surface area contributed by atoms with Crippen molar-refractivity contribution in [3.8, 4) is 11.5 Å². The molecule has 0 unspecified atom stereocenters. The Morgan fingerprint density at radius 3 is 1.46 bits per heavy atom. The molecule has 2 saturated heterocycles. The fourth-order valence-electron chi connectivity index (χ4n) is 5.92. The number of hydrogen-bond acceptors (Lipinski definition) is 10. The lowest BCUT2D eigenvalue weighted by atomic mass is 10.00. The average Bonchev–Trinajstić information content (AvgIpc) is 3.47. The Labute approximate surface area is 266 Å². The van der Waals surface area contributed by atoms with Crippen molar-refractivity contribution in [3.63, 3.8) is 0 Å². The third-order valence-electron chi connectivity index (χ3n) is 8.46.